The van der Waals surface area contributed by atoms with Gasteiger partial charge >= 0.3 is 0 Å². The summed E-state index contributed by atoms with van der Waals surface area (Å²) in [4.78, 5) is 9.97. The first kappa shape index (κ1) is 9.91. The third kappa shape index (κ3) is 4.33. The Kier molecular flexibility index (Phi) is 5.11. The van der Waals surface area contributed by atoms with Crippen LogP contribution in [0.2, 0.25) is 0 Å². The second-order valence-corrected chi connectivity index (χ2v) is 1.98. The molecule has 0 aliphatic heterocycles. The third-order valence-electron chi connectivity index (χ3n) is 1.14. The Labute approximate surface area is 66.0 Å². The molecule has 0 amide bonds. The number of carbonyl (C=O) groups excluding carboxylic acids is 1. The Balaban J connectivity index is 4.18. The number of rotatable bonds is 4. The molecule has 0 aliphatic carbocycles. The summed E-state index contributed by atoms with van der Waals surface area (Å²) in [5.74, 6) is -0.282. The average Bonchev–Trinajstić information content (AvgIpc) is 2.03. The summed E-state index contributed by atoms with van der Waals surface area (Å²) in [6, 6.07) is 0. The van der Waals surface area contributed by atoms with Crippen molar-refractivity contribution in [1.29, 1.82) is 0 Å². The van der Waals surface area contributed by atoms with Crippen LogP contribution in [0.25, 0.3) is 0 Å². The highest BCUT2D eigenvalue weighted by atomic mass is 16.5. The molecule has 0 aromatic rings. The number of methoxy groups -OCH3 is 1. The van der Waals surface area contributed by atoms with Crippen molar-refractivity contribution in [2.45, 2.75) is 6.92 Å². The Bertz CT molecular complexity index is 180. The molecule has 0 fully saturated rings. The first-order valence-electron chi connectivity index (χ1n) is 3.24. The molecule has 0 radical (unpaired) electrons. The van der Waals surface area contributed by atoms with Gasteiger partial charge in [-0.1, -0.05) is 6.08 Å². The second kappa shape index (κ2) is 5.68. The number of ether oxygens (including phenoxy) is 1. The highest BCUT2D eigenvalue weighted by molar-refractivity contribution is 5.70. The van der Waals surface area contributed by atoms with Crippen molar-refractivity contribution in [3.63, 3.8) is 0 Å². The minimum absolute atomic E-state index is 0.282. The lowest BCUT2D eigenvalue weighted by Crippen LogP contribution is -1.93. The summed E-state index contributed by atoms with van der Waals surface area (Å²) in [5.41, 5.74) is 0.775. The topological polar surface area (TPSA) is 46.5 Å². The number of allylic oxidation sites excluding steroid dienone is 2. The van der Waals surface area contributed by atoms with Gasteiger partial charge in [0.2, 0.25) is 0 Å². The number of aliphatic hydroxyl groups excluding tert-OH is 1. The molecule has 0 rings (SSSR count). The molecule has 0 saturated heterocycles. The van der Waals surface area contributed by atoms with Crippen molar-refractivity contribution >= 4 is 6.29 Å². The monoisotopic (exact) mass is 156 g/mol. The van der Waals surface area contributed by atoms with Crippen molar-refractivity contribution in [1.82, 2.24) is 0 Å². The Morgan fingerprint density at radius 3 is 2.64 bits per heavy atom. The minimum Gasteiger partial charge on any atom is -0.505 e. The van der Waals surface area contributed by atoms with Gasteiger partial charge < -0.3 is 9.84 Å². The molecule has 0 atom stereocenters. The fourth-order valence-corrected chi connectivity index (χ4v) is 0.599. The van der Waals surface area contributed by atoms with Crippen molar-refractivity contribution in [3.05, 3.63) is 23.5 Å². The molecule has 1 N–H and O–H groups in total. The van der Waals surface area contributed by atoms with Gasteiger partial charge in [-0.2, -0.15) is 0 Å². The summed E-state index contributed by atoms with van der Waals surface area (Å²) in [7, 11) is 1.55. The molecule has 0 aromatic carbocycles. The molecule has 0 spiro atoms. The molecule has 11 heavy (non-hydrogen) atoms. The molecule has 3 nitrogen and oxygen atoms in total. The minimum atomic E-state index is -0.282. The fraction of sp³-hybridized carbons (Fsp3) is 0.375. The Hall–Kier alpha value is -1.09. The Morgan fingerprint density at radius 1 is 1.64 bits per heavy atom. The number of carbonyl (C=O) groups is 1. The zero-order chi connectivity index (χ0) is 8.69. The highest BCUT2D eigenvalue weighted by Gasteiger charge is 1.93. The third-order valence-corrected chi connectivity index (χ3v) is 1.14. The van der Waals surface area contributed by atoms with Gasteiger partial charge in [0.05, 0.1) is 6.61 Å². The van der Waals surface area contributed by atoms with Crippen LogP contribution in [0.15, 0.2) is 23.5 Å². The molecular formula is C8H12O3. The number of aldehydes is 1. The van der Waals surface area contributed by atoms with E-state index in [-0.39, 0.29) is 5.76 Å². The maximum absolute atomic E-state index is 9.97. The number of aliphatic hydroxyl groups is 1. The van der Waals surface area contributed by atoms with Crippen LogP contribution in [0.3, 0.4) is 0 Å². The van der Waals surface area contributed by atoms with Crippen LogP contribution in [0.5, 0.6) is 0 Å². The first-order valence-corrected chi connectivity index (χ1v) is 3.24. The van der Waals surface area contributed by atoms with Gasteiger partial charge in [-0.05, 0) is 18.6 Å². The quantitative estimate of drug-likeness (QED) is 0.288. The summed E-state index contributed by atoms with van der Waals surface area (Å²) >= 11 is 0. The standard InChI is InChI=1S/C8H12O3/c1-3-7(6-11-2)4-8(10)5-9/h3-5,10H,6H2,1-2H3/b7-3+,8-4-. The van der Waals surface area contributed by atoms with Gasteiger partial charge in [0.25, 0.3) is 0 Å². The lowest BCUT2D eigenvalue weighted by Gasteiger charge is -1.97. The smallest absolute Gasteiger partial charge is 0.184 e. The van der Waals surface area contributed by atoms with E-state index in [4.69, 9.17) is 9.84 Å². The molecule has 3 heteroatoms. The molecule has 0 aromatic heterocycles. The lowest BCUT2D eigenvalue weighted by atomic mass is 10.2. The lowest BCUT2D eigenvalue weighted by molar-refractivity contribution is -0.106. The summed E-state index contributed by atoms with van der Waals surface area (Å²) in [5, 5.41) is 8.78. The molecule has 0 saturated carbocycles. The zero-order valence-corrected chi connectivity index (χ0v) is 6.70. The van der Waals surface area contributed by atoms with E-state index in [9.17, 15) is 4.79 Å². The molecule has 0 heterocycles. The molecule has 62 valence electrons. The van der Waals surface area contributed by atoms with E-state index in [0.717, 1.165) is 5.57 Å². The van der Waals surface area contributed by atoms with Gasteiger partial charge in [0, 0.05) is 7.11 Å². The first-order chi connectivity index (χ1) is 5.24. The van der Waals surface area contributed by atoms with E-state index in [1.807, 2.05) is 6.92 Å². The van der Waals surface area contributed by atoms with Crippen molar-refractivity contribution < 1.29 is 14.6 Å². The van der Waals surface area contributed by atoms with Gasteiger partial charge in [0.1, 0.15) is 0 Å². The predicted octanol–water partition coefficient (Wildman–Crippen LogP) is 1.22. The predicted molar refractivity (Wildman–Crippen MR) is 42.4 cm³/mol. The van der Waals surface area contributed by atoms with Crippen molar-refractivity contribution in [2.24, 2.45) is 0 Å². The van der Waals surface area contributed by atoms with Crippen LogP contribution in [0.4, 0.5) is 0 Å². The van der Waals surface area contributed by atoms with E-state index in [0.29, 0.717) is 12.9 Å². The molecule has 0 aliphatic rings. The maximum Gasteiger partial charge on any atom is 0.184 e. The highest BCUT2D eigenvalue weighted by Crippen LogP contribution is 1.99. The van der Waals surface area contributed by atoms with Crippen LogP contribution in [0.1, 0.15) is 6.92 Å². The number of hydrogen-bond donors (Lipinski definition) is 1. The summed E-state index contributed by atoms with van der Waals surface area (Å²) < 4.78 is 4.80. The van der Waals surface area contributed by atoms with Crippen molar-refractivity contribution in [2.75, 3.05) is 13.7 Å². The average molecular weight is 156 g/mol. The van der Waals surface area contributed by atoms with E-state index in [1.165, 1.54) is 6.08 Å². The molecular weight excluding hydrogens is 144 g/mol. The van der Waals surface area contributed by atoms with Crippen LogP contribution >= 0.6 is 0 Å². The Morgan fingerprint density at radius 2 is 2.27 bits per heavy atom. The number of hydrogen-bond acceptors (Lipinski definition) is 3. The normalized spacial score (nSPS) is 13.3. The van der Waals surface area contributed by atoms with Crippen LogP contribution in [-0.2, 0) is 9.53 Å². The van der Waals surface area contributed by atoms with Crippen LogP contribution < -0.4 is 0 Å². The van der Waals surface area contributed by atoms with Gasteiger partial charge in [-0.3, -0.25) is 4.79 Å². The zero-order valence-electron chi connectivity index (χ0n) is 6.70. The van der Waals surface area contributed by atoms with E-state index < -0.39 is 0 Å². The second-order valence-electron chi connectivity index (χ2n) is 1.98. The van der Waals surface area contributed by atoms with Crippen LogP contribution in [0, 0.1) is 0 Å². The van der Waals surface area contributed by atoms with Gasteiger partial charge in [-0.15, -0.1) is 0 Å². The SMILES string of the molecule is C/C=C(\C=C(/O)C=O)COC. The largest absolute Gasteiger partial charge is 0.505 e. The molecule has 0 bridgehead atoms. The summed E-state index contributed by atoms with van der Waals surface area (Å²) in [6.07, 6.45) is 3.53. The van der Waals surface area contributed by atoms with E-state index in [1.54, 1.807) is 13.2 Å². The van der Waals surface area contributed by atoms with Crippen LogP contribution in [-0.4, -0.2) is 25.1 Å². The van der Waals surface area contributed by atoms with E-state index in [2.05, 4.69) is 0 Å². The maximum atomic E-state index is 9.97. The van der Waals surface area contributed by atoms with Gasteiger partial charge in [-0.25, -0.2) is 0 Å². The van der Waals surface area contributed by atoms with E-state index >= 15 is 0 Å². The van der Waals surface area contributed by atoms with Gasteiger partial charge in [0.15, 0.2) is 12.0 Å². The molecule has 0 unspecified atom stereocenters. The summed E-state index contributed by atoms with van der Waals surface area (Å²) in [6.45, 7) is 2.21. The van der Waals surface area contributed by atoms with Crippen molar-refractivity contribution in [3.8, 4) is 0 Å². The fourth-order valence-electron chi connectivity index (χ4n) is 0.599.